The Morgan fingerprint density at radius 1 is 0.196 bits per heavy atom. The Balaban J connectivity index is 0.626. The highest BCUT2D eigenvalue weighted by atomic mass is 16.5. The Hall–Kier alpha value is -12.5. The zero-order chi connectivity index (χ0) is 64.7. The van der Waals surface area contributed by atoms with Gasteiger partial charge in [-0.15, -0.1) is 0 Å². The van der Waals surface area contributed by atoms with Crippen LogP contribution in [0.15, 0.2) is 364 Å². The molecule has 0 aliphatic carbocycles. The first-order valence-electron chi connectivity index (χ1n) is 33.4. The van der Waals surface area contributed by atoms with E-state index in [0.717, 1.165) is 154 Å². The molecule has 16 rings (SSSR count). The summed E-state index contributed by atoms with van der Waals surface area (Å²) in [4.78, 5) is 9.34. The lowest BCUT2D eigenvalue weighted by atomic mass is 10.1. The maximum absolute atomic E-state index is 6.43. The minimum absolute atomic E-state index is 0.614. The zero-order valence-electron chi connectivity index (χ0n) is 53.7. The van der Waals surface area contributed by atoms with Crippen molar-refractivity contribution >= 4 is 112 Å². The van der Waals surface area contributed by atoms with Crippen LogP contribution in [0.25, 0.3) is 55.0 Å². The Morgan fingerprint density at radius 2 is 0.402 bits per heavy atom. The Kier molecular flexibility index (Phi) is 16.7. The molecule has 0 bridgehead atoms. The standard InChI is InChI=1S/C89H70N6O2/c1-10-28-66(29-11-1)90(67-30-12-2-13-31-67)76-48-56-86-82(62-76)83-63-77(91(68-32-14-3-15-33-68)69-34-16-4-17-35-69)49-57-87(83)94(86)74-44-52-80(53-45-74)96-60-26-9-27-61-97-81-54-46-75(47-55-81)95-88-58-50-78(92(70-36-18-5-19-37-70)71-38-20-6-21-39-71)64-84(88)85-65-79(51-59-89(85)95)93(72-40-22-7-23-41-72)73-42-24-8-25-43-73/h1-8,10-25,28-59,62-65H,9,26-27,60-61H2. The SMILES string of the molecule is c1ccc(N(c2ccccc2)c2ccc3c(c2)c2cc(N(c4ccccc4)c4ccccc4)ccc2n3-c2ccc(OCCCCCOc3ccc(-n4c5ccc(N(c6ccccc6)c6ccccc6)cc5c5cc(N(c6ccccc6)c6ccccc6)ccc54)cc3)cc2)cc1. The Bertz CT molecular complexity index is 4520. The molecule has 8 nitrogen and oxygen atoms in total. The quantitative estimate of drug-likeness (QED) is 0.0630. The average Bonchev–Trinajstić information content (AvgIpc) is 1.60. The van der Waals surface area contributed by atoms with Gasteiger partial charge in [-0.25, -0.2) is 0 Å². The molecule has 0 fully saturated rings. The van der Waals surface area contributed by atoms with Crippen LogP contribution >= 0.6 is 0 Å². The normalized spacial score (nSPS) is 11.3. The number of aromatic nitrogens is 2. The van der Waals surface area contributed by atoms with Crippen LogP contribution in [-0.4, -0.2) is 22.3 Å². The second-order valence-electron chi connectivity index (χ2n) is 24.2. The van der Waals surface area contributed by atoms with Gasteiger partial charge in [0.05, 0.1) is 35.3 Å². The lowest BCUT2D eigenvalue weighted by Crippen LogP contribution is -2.09. The van der Waals surface area contributed by atoms with Gasteiger partial charge in [-0.2, -0.15) is 0 Å². The number of ether oxygens (including phenoxy) is 2. The summed E-state index contributed by atoms with van der Waals surface area (Å²) in [6.45, 7) is 1.23. The van der Waals surface area contributed by atoms with Crippen LogP contribution in [0.4, 0.5) is 68.2 Å². The lowest BCUT2D eigenvalue weighted by Gasteiger charge is -2.26. The number of hydrogen-bond acceptors (Lipinski definition) is 6. The van der Waals surface area contributed by atoms with Gasteiger partial charge in [-0.3, -0.25) is 0 Å². The summed E-state index contributed by atoms with van der Waals surface area (Å²) >= 11 is 0. The van der Waals surface area contributed by atoms with Gasteiger partial charge in [0.15, 0.2) is 0 Å². The van der Waals surface area contributed by atoms with E-state index in [1.54, 1.807) is 0 Å². The van der Waals surface area contributed by atoms with Gasteiger partial charge in [0, 0.05) is 101 Å². The van der Waals surface area contributed by atoms with E-state index >= 15 is 0 Å². The van der Waals surface area contributed by atoms with Crippen LogP contribution in [-0.2, 0) is 0 Å². The zero-order valence-corrected chi connectivity index (χ0v) is 53.7. The highest BCUT2D eigenvalue weighted by molar-refractivity contribution is 6.13. The van der Waals surface area contributed by atoms with E-state index in [-0.39, 0.29) is 0 Å². The highest BCUT2D eigenvalue weighted by Crippen LogP contribution is 2.46. The maximum Gasteiger partial charge on any atom is 0.119 e. The fraction of sp³-hybridized carbons (Fsp3) is 0.0562. The number of anilines is 12. The van der Waals surface area contributed by atoms with Crippen molar-refractivity contribution in [3.8, 4) is 22.9 Å². The van der Waals surface area contributed by atoms with Gasteiger partial charge < -0.3 is 38.2 Å². The van der Waals surface area contributed by atoms with Gasteiger partial charge in [0.2, 0.25) is 0 Å². The molecule has 0 saturated carbocycles. The van der Waals surface area contributed by atoms with Crippen molar-refractivity contribution in [1.82, 2.24) is 9.13 Å². The minimum atomic E-state index is 0.614. The van der Waals surface area contributed by atoms with Crippen LogP contribution in [0, 0.1) is 0 Å². The number of unbranched alkanes of at least 4 members (excludes halogenated alkanes) is 2. The fourth-order valence-electron chi connectivity index (χ4n) is 13.7. The predicted molar refractivity (Wildman–Crippen MR) is 405 cm³/mol. The predicted octanol–water partition coefficient (Wildman–Crippen LogP) is 24.4. The summed E-state index contributed by atoms with van der Waals surface area (Å²) < 4.78 is 17.6. The first kappa shape index (κ1) is 59.5. The van der Waals surface area contributed by atoms with Crippen molar-refractivity contribution in [3.05, 3.63) is 364 Å². The molecule has 8 heteroatoms. The van der Waals surface area contributed by atoms with Crippen molar-refractivity contribution in [1.29, 1.82) is 0 Å². The average molecular weight is 1260 g/mol. The third-order valence-electron chi connectivity index (χ3n) is 18.1. The van der Waals surface area contributed by atoms with E-state index in [2.05, 4.69) is 393 Å². The van der Waals surface area contributed by atoms with Crippen molar-refractivity contribution in [2.24, 2.45) is 0 Å². The largest absolute Gasteiger partial charge is 0.494 e. The van der Waals surface area contributed by atoms with E-state index in [1.807, 2.05) is 0 Å². The maximum atomic E-state index is 6.43. The number of hydrogen-bond donors (Lipinski definition) is 0. The number of fused-ring (bicyclic) bond motifs is 6. The molecule has 0 saturated heterocycles. The molecule has 2 heterocycles. The van der Waals surface area contributed by atoms with Crippen LogP contribution in [0.2, 0.25) is 0 Å². The van der Waals surface area contributed by atoms with Crippen molar-refractivity contribution in [2.75, 3.05) is 32.8 Å². The summed E-state index contributed by atoms with van der Waals surface area (Å²) in [6.07, 6.45) is 2.80. The molecular weight excluding hydrogens is 1190 g/mol. The van der Waals surface area contributed by atoms with Gasteiger partial charge in [-0.1, -0.05) is 146 Å². The van der Waals surface area contributed by atoms with Crippen molar-refractivity contribution < 1.29 is 9.47 Å². The molecule has 0 N–H and O–H groups in total. The third kappa shape index (κ3) is 12.2. The molecule has 0 amide bonds. The number of para-hydroxylation sites is 8. The van der Waals surface area contributed by atoms with Crippen molar-refractivity contribution in [3.63, 3.8) is 0 Å². The molecule has 0 spiro atoms. The van der Waals surface area contributed by atoms with Crippen LogP contribution in [0.1, 0.15) is 19.3 Å². The van der Waals surface area contributed by atoms with Gasteiger partial charge >= 0.3 is 0 Å². The molecule has 0 unspecified atom stereocenters. The van der Waals surface area contributed by atoms with E-state index in [1.165, 1.54) is 0 Å². The van der Waals surface area contributed by atoms with E-state index in [0.29, 0.717) is 13.2 Å². The molecule has 0 aliphatic rings. The van der Waals surface area contributed by atoms with Gasteiger partial charge in [0.25, 0.3) is 0 Å². The fourth-order valence-corrected chi connectivity index (χ4v) is 13.7. The number of nitrogens with zero attached hydrogens (tertiary/aromatic N) is 6. The summed E-state index contributed by atoms with van der Waals surface area (Å²) in [6, 6.07) is 130. The number of benzene rings is 14. The first-order valence-corrected chi connectivity index (χ1v) is 33.4. The molecule has 468 valence electrons. The summed E-state index contributed by atoms with van der Waals surface area (Å²) in [5, 5.41) is 4.62. The Morgan fingerprint density at radius 3 is 0.608 bits per heavy atom. The monoisotopic (exact) mass is 1250 g/mol. The van der Waals surface area contributed by atoms with Crippen LogP contribution in [0.5, 0.6) is 11.5 Å². The molecule has 16 aromatic rings. The van der Waals surface area contributed by atoms with Crippen LogP contribution in [0.3, 0.4) is 0 Å². The third-order valence-corrected chi connectivity index (χ3v) is 18.1. The topological polar surface area (TPSA) is 41.3 Å². The van der Waals surface area contributed by atoms with Gasteiger partial charge in [0.1, 0.15) is 11.5 Å². The second kappa shape index (κ2) is 27.2. The number of rotatable bonds is 22. The van der Waals surface area contributed by atoms with Gasteiger partial charge in [-0.05, 0) is 238 Å². The smallest absolute Gasteiger partial charge is 0.119 e. The molecular formula is C89H70N6O2. The lowest BCUT2D eigenvalue weighted by molar-refractivity contribution is 0.279. The van der Waals surface area contributed by atoms with Crippen LogP contribution < -0.4 is 29.1 Å². The highest BCUT2D eigenvalue weighted by Gasteiger charge is 2.23. The Labute approximate surface area is 566 Å². The summed E-state index contributed by atoms with van der Waals surface area (Å²) in [5.74, 6) is 1.69. The molecule has 97 heavy (non-hydrogen) atoms. The van der Waals surface area contributed by atoms with E-state index in [4.69, 9.17) is 9.47 Å². The van der Waals surface area contributed by atoms with E-state index < -0.39 is 0 Å². The molecule has 2 aromatic heterocycles. The minimum Gasteiger partial charge on any atom is -0.494 e. The second-order valence-corrected chi connectivity index (χ2v) is 24.2. The molecule has 0 aliphatic heterocycles. The molecule has 0 radical (unpaired) electrons. The molecule has 14 aromatic carbocycles. The molecule has 0 atom stereocenters. The summed E-state index contributed by atoms with van der Waals surface area (Å²) in [5.41, 5.74) is 19.7. The van der Waals surface area contributed by atoms with Crippen molar-refractivity contribution in [2.45, 2.75) is 19.3 Å². The summed E-state index contributed by atoms with van der Waals surface area (Å²) in [7, 11) is 0. The first-order chi connectivity index (χ1) is 48.1. The van der Waals surface area contributed by atoms with E-state index in [9.17, 15) is 0 Å².